The molecule has 0 unspecified atom stereocenters. The molecule has 1 saturated heterocycles. The summed E-state index contributed by atoms with van der Waals surface area (Å²) in [6.45, 7) is 16.3. The van der Waals surface area contributed by atoms with E-state index in [2.05, 4.69) is 32.7 Å². The number of nitrogens with zero attached hydrogens (tertiary/aromatic N) is 3. The second-order valence-corrected chi connectivity index (χ2v) is 13.1. The molecule has 6 aliphatic rings. The minimum atomic E-state index is -1.47. The molecule has 0 spiro atoms. The minimum Gasteiger partial charge on any atom is -0.510 e. The van der Waals surface area contributed by atoms with Crippen molar-refractivity contribution in [2.24, 2.45) is 32.2 Å². The molecule has 1 aliphatic carbocycles. The van der Waals surface area contributed by atoms with Crippen molar-refractivity contribution in [3.63, 3.8) is 0 Å². The Labute approximate surface area is 282 Å². The lowest BCUT2D eigenvalue weighted by Gasteiger charge is -2.31. The number of hydrogen-bond acceptors (Lipinski definition) is 9. The van der Waals surface area contributed by atoms with Gasteiger partial charge in [-0.25, -0.2) is 15.0 Å². The fourth-order valence-corrected chi connectivity index (χ4v) is 8.03. The van der Waals surface area contributed by atoms with Gasteiger partial charge in [-0.05, 0) is 80.6 Å². The second-order valence-electron chi connectivity index (χ2n) is 13.1. The number of aliphatic hydroxyl groups is 1. The van der Waals surface area contributed by atoms with Gasteiger partial charge in [-0.3, -0.25) is 9.59 Å². The Morgan fingerprint density at radius 2 is 1.71 bits per heavy atom. The normalized spacial score (nSPS) is 26.0. The van der Waals surface area contributed by atoms with E-state index < -0.39 is 11.4 Å². The zero-order valence-corrected chi connectivity index (χ0v) is 29.1. The van der Waals surface area contributed by atoms with Crippen molar-refractivity contribution < 1.29 is 24.2 Å². The monoisotopic (exact) mass is 648 g/mol. The van der Waals surface area contributed by atoms with Crippen LogP contribution in [-0.4, -0.2) is 48.4 Å². The van der Waals surface area contributed by atoms with Gasteiger partial charge in [-0.2, -0.15) is 0 Å². The van der Waals surface area contributed by atoms with Gasteiger partial charge in [-0.15, -0.1) is 0 Å². The Kier molecular flexibility index (Phi) is 8.52. The average molecular weight is 649 g/mol. The molecule has 0 amide bonds. The van der Waals surface area contributed by atoms with E-state index in [0.717, 1.165) is 68.5 Å². The molecule has 5 aliphatic heterocycles. The average Bonchev–Trinajstić information content (AvgIpc) is 3.80. The summed E-state index contributed by atoms with van der Waals surface area (Å²) in [4.78, 5) is 41.8. The third-order valence-electron chi connectivity index (χ3n) is 10.7. The Hall–Kier alpha value is -4.79. The van der Waals surface area contributed by atoms with Gasteiger partial charge in [0.1, 0.15) is 5.76 Å². The largest absolute Gasteiger partial charge is 0.510 e. The van der Waals surface area contributed by atoms with Crippen LogP contribution in [0.15, 0.2) is 119 Å². The van der Waals surface area contributed by atoms with E-state index in [-0.39, 0.29) is 30.0 Å². The van der Waals surface area contributed by atoms with Gasteiger partial charge in [0.05, 0.1) is 48.4 Å². The fraction of sp³-hybridized carbons (Fsp3) is 0.410. The molecular formula is C39H44N4O5. The van der Waals surface area contributed by atoms with Gasteiger partial charge in [0.15, 0.2) is 5.41 Å². The number of aliphatic hydroxyl groups excluding tert-OH is 1. The summed E-state index contributed by atoms with van der Waals surface area (Å²) in [6, 6.07) is 0. The number of allylic oxidation sites excluding steroid dienone is 11. The Bertz CT molecular complexity index is 1920. The molecule has 250 valence electrons. The van der Waals surface area contributed by atoms with Crippen LogP contribution in [0.1, 0.15) is 73.6 Å². The molecule has 8 bridgehead atoms. The van der Waals surface area contributed by atoms with Crippen molar-refractivity contribution in [2.45, 2.75) is 73.6 Å². The number of carbonyl (C=O) groups excluding carboxylic acids is 2. The molecule has 2 N–H and O–H groups in total. The highest BCUT2D eigenvalue weighted by Gasteiger charge is 2.59. The van der Waals surface area contributed by atoms with Gasteiger partial charge in [0, 0.05) is 46.4 Å². The zero-order chi connectivity index (χ0) is 34.7. The first-order chi connectivity index (χ1) is 23.0. The van der Waals surface area contributed by atoms with Gasteiger partial charge in [-0.1, -0.05) is 39.8 Å². The maximum Gasteiger partial charge on any atom is 0.324 e. The topological polar surface area (TPSA) is 122 Å². The van der Waals surface area contributed by atoms with Gasteiger partial charge < -0.3 is 19.9 Å². The summed E-state index contributed by atoms with van der Waals surface area (Å²) in [5.74, 6) is -1.23. The molecule has 6 rings (SSSR count). The highest BCUT2D eigenvalue weighted by molar-refractivity contribution is 6.25. The predicted molar refractivity (Wildman–Crippen MR) is 188 cm³/mol. The van der Waals surface area contributed by atoms with Crippen molar-refractivity contribution in [2.75, 3.05) is 14.2 Å². The molecule has 9 nitrogen and oxygen atoms in total. The van der Waals surface area contributed by atoms with Gasteiger partial charge >= 0.3 is 11.9 Å². The van der Waals surface area contributed by atoms with Gasteiger partial charge in [0.2, 0.25) is 0 Å². The van der Waals surface area contributed by atoms with Crippen LogP contribution in [0.4, 0.5) is 0 Å². The molecular weight excluding hydrogens is 604 g/mol. The van der Waals surface area contributed by atoms with E-state index in [0.29, 0.717) is 41.8 Å². The van der Waals surface area contributed by atoms with Crippen LogP contribution in [0.5, 0.6) is 0 Å². The van der Waals surface area contributed by atoms with Crippen LogP contribution in [-0.2, 0) is 19.1 Å². The molecule has 1 fully saturated rings. The molecule has 48 heavy (non-hydrogen) atoms. The van der Waals surface area contributed by atoms with Crippen molar-refractivity contribution in [1.29, 1.82) is 0 Å². The van der Waals surface area contributed by atoms with E-state index >= 15 is 0 Å². The summed E-state index contributed by atoms with van der Waals surface area (Å²) < 4.78 is 10.5. The molecule has 0 aromatic rings. The summed E-state index contributed by atoms with van der Waals surface area (Å²) >= 11 is 0. The molecule has 5 heterocycles. The van der Waals surface area contributed by atoms with Crippen LogP contribution >= 0.6 is 0 Å². The Morgan fingerprint density at radius 1 is 1.00 bits per heavy atom. The summed E-state index contributed by atoms with van der Waals surface area (Å²) in [5, 5.41) is 15.9. The van der Waals surface area contributed by atoms with Gasteiger partial charge in [0.25, 0.3) is 0 Å². The highest BCUT2D eigenvalue weighted by Crippen LogP contribution is 2.56. The first-order valence-corrected chi connectivity index (χ1v) is 16.7. The van der Waals surface area contributed by atoms with Crippen molar-refractivity contribution >= 4 is 29.1 Å². The van der Waals surface area contributed by atoms with E-state index in [9.17, 15) is 14.7 Å². The first-order valence-electron chi connectivity index (χ1n) is 16.7. The SMILES string of the molecule is C=CC1=C(C)C2=NC1=CC1=NC(=CC3=C(C)C4=C(O)[C@](CCC)(C(=O)OC)C(=C5NC(=C2)[C@@H](C)[C@@H]5CCC(=O)OC)C4=N3)C(CC)=C1C. The Morgan fingerprint density at radius 3 is 2.35 bits per heavy atom. The van der Waals surface area contributed by atoms with E-state index in [4.69, 9.17) is 24.5 Å². The van der Waals surface area contributed by atoms with E-state index in [1.54, 1.807) is 0 Å². The molecule has 0 aromatic carbocycles. The molecule has 9 heteroatoms. The zero-order valence-electron chi connectivity index (χ0n) is 29.1. The second kappa shape index (κ2) is 12.3. The van der Waals surface area contributed by atoms with E-state index in [1.165, 1.54) is 14.2 Å². The number of nitrogens with one attached hydrogen (secondary N) is 1. The summed E-state index contributed by atoms with van der Waals surface area (Å²) in [7, 11) is 2.74. The smallest absolute Gasteiger partial charge is 0.324 e. The maximum absolute atomic E-state index is 14.0. The highest BCUT2D eigenvalue weighted by atomic mass is 16.5. The third-order valence-corrected chi connectivity index (χ3v) is 10.7. The quantitative estimate of drug-likeness (QED) is 0.265. The number of rotatable bonds is 8. The van der Waals surface area contributed by atoms with Crippen LogP contribution < -0.4 is 5.32 Å². The number of hydrogen-bond donors (Lipinski definition) is 2. The number of methoxy groups -OCH3 is 2. The molecule has 0 saturated carbocycles. The van der Waals surface area contributed by atoms with Crippen molar-refractivity contribution in [3.8, 4) is 0 Å². The van der Waals surface area contributed by atoms with Crippen LogP contribution in [0.3, 0.4) is 0 Å². The van der Waals surface area contributed by atoms with E-state index in [1.807, 2.05) is 45.1 Å². The summed E-state index contributed by atoms with van der Waals surface area (Å²) in [6.07, 6.45) is 10.2. The maximum atomic E-state index is 14.0. The molecule has 3 atom stereocenters. The fourth-order valence-electron chi connectivity index (χ4n) is 8.03. The van der Waals surface area contributed by atoms with Crippen LogP contribution in [0.25, 0.3) is 0 Å². The summed E-state index contributed by atoms with van der Waals surface area (Å²) in [5.41, 5.74) is 10.6. The lowest BCUT2D eigenvalue weighted by molar-refractivity contribution is -0.150. The number of carbonyl (C=O) groups is 2. The van der Waals surface area contributed by atoms with Crippen molar-refractivity contribution in [3.05, 3.63) is 104 Å². The third kappa shape index (κ3) is 4.77. The first kappa shape index (κ1) is 33.1. The molecule has 0 radical (unpaired) electrons. The minimum absolute atomic E-state index is 0.0525. The lowest BCUT2D eigenvalue weighted by Crippen LogP contribution is -2.37. The molecule has 0 aromatic heterocycles. The number of fused-ring (bicyclic) bond motifs is 5. The van der Waals surface area contributed by atoms with Crippen molar-refractivity contribution in [1.82, 2.24) is 5.32 Å². The number of aliphatic imine (C=N–C) groups is 3. The standard InChI is InChI=1S/C39H44N4O5/c1-10-15-39(38(46)48-9)34-35-25(13-14-32(44)47-8)21(6)28(42-35)16-26-19(4)23(11-2)30(40-26)17-27-20(5)24(12-3)31(41-27)18-29-22(7)33(37(39)45)36(34)43-29/h11,16-18,21,25,42,45H,2,10,12-15H2,1,3-9H3/t21-,25-,39+/m0/s1. The number of esters is 2. The van der Waals surface area contributed by atoms with Crippen LogP contribution in [0.2, 0.25) is 0 Å². The Balaban J connectivity index is 1.72. The predicted octanol–water partition coefficient (Wildman–Crippen LogP) is 7.37. The lowest BCUT2D eigenvalue weighted by atomic mass is 9.73. The number of ether oxygens (including phenoxy) is 2. The van der Waals surface area contributed by atoms with Crippen LogP contribution in [0, 0.1) is 17.3 Å².